The number of hydrogen-bond donors (Lipinski definition) is 1. The maximum atomic E-state index is 3.64. The Bertz CT molecular complexity index is 243. The van der Waals surface area contributed by atoms with Gasteiger partial charge in [-0.05, 0) is 24.9 Å². The molecular weight excluding hydrogens is 182 g/mol. The molecule has 0 aliphatic heterocycles. The van der Waals surface area contributed by atoms with Crippen LogP contribution in [0.4, 0.5) is 0 Å². The lowest BCUT2D eigenvalue weighted by atomic mass is 10.0. The zero-order chi connectivity index (χ0) is 10.9. The van der Waals surface area contributed by atoms with Crippen molar-refractivity contribution in [3.63, 3.8) is 0 Å². The Morgan fingerprint density at radius 3 is 2.40 bits per heavy atom. The third-order valence-electron chi connectivity index (χ3n) is 2.70. The average molecular weight is 205 g/mol. The first-order chi connectivity index (χ1) is 7.38. The van der Waals surface area contributed by atoms with E-state index in [1.54, 1.807) is 0 Å². The van der Waals surface area contributed by atoms with E-state index in [9.17, 15) is 0 Å². The lowest BCUT2D eigenvalue weighted by Gasteiger charge is -2.18. The molecule has 0 fully saturated rings. The maximum absolute atomic E-state index is 3.64. The first-order valence-corrected chi connectivity index (χ1v) is 6.16. The van der Waals surface area contributed by atoms with Crippen molar-refractivity contribution in [1.82, 2.24) is 5.32 Å². The summed E-state index contributed by atoms with van der Waals surface area (Å²) in [5.41, 5.74) is 1.43. The number of benzene rings is 1. The molecule has 1 N–H and O–H groups in total. The van der Waals surface area contributed by atoms with Crippen LogP contribution in [-0.4, -0.2) is 6.54 Å². The Kier molecular flexibility index (Phi) is 6.10. The highest BCUT2D eigenvalue weighted by molar-refractivity contribution is 5.18. The molecule has 1 atom stereocenters. The third-order valence-corrected chi connectivity index (χ3v) is 2.70. The lowest BCUT2D eigenvalue weighted by molar-refractivity contribution is 0.486. The van der Waals surface area contributed by atoms with E-state index in [0.29, 0.717) is 6.04 Å². The zero-order valence-corrected chi connectivity index (χ0v) is 10.00. The highest BCUT2D eigenvalue weighted by Gasteiger charge is 2.07. The number of unbranched alkanes of at least 4 members (excludes halogenated alkanes) is 1. The molecule has 0 bridgehead atoms. The molecule has 0 radical (unpaired) electrons. The van der Waals surface area contributed by atoms with Gasteiger partial charge in [0.25, 0.3) is 0 Å². The molecular formula is C14H23N. The fourth-order valence-corrected chi connectivity index (χ4v) is 1.81. The molecule has 0 saturated carbocycles. The van der Waals surface area contributed by atoms with Gasteiger partial charge in [-0.25, -0.2) is 0 Å². The molecule has 0 aliphatic carbocycles. The summed E-state index contributed by atoms with van der Waals surface area (Å²) in [5.74, 6) is 0. The standard InChI is InChI=1S/C14H23N/c1-3-5-12-15-14(9-4-2)13-10-7-6-8-11-13/h6-8,10-11,14-15H,3-5,9,12H2,1-2H3/t14-/m1/s1. The number of hydrogen-bond acceptors (Lipinski definition) is 1. The van der Waals surface area contributed by atoms with Gasteiger partial charge in [-0.1, -0.05) is 57.0 Å². The molecule has 0 saturated heterocycles. The van der Waals surface area contributed by atoms with Gasteiger partial charge in [-0.2, -0.15) is 0 Å². The first-order valence-electron chi connectivity index (χ1n) is 6.16. The van der Waals surface area contributed by atoms with E-state index in [1.165, 1.54) is 31.2 Å². The molecule has 84 valence electrons. The molecule has 1 heteroatoms. The summed E-state index contributed by atoms with van der Waals surface area (Å²) < 4.78 is 0. The van der Waals surface area contributed by atoms with E-state index in [-0.39, 0.29) is 0 Å². The first kappa shape index (κ1) is 12.3. The van der Waals surface area contributed by atoms with Crippen LogP contribution >= 0.6 is 0 Å². The van der Waals surface area contributed by atoms with Crippen LogP contribution in [0.3, 0.4) is 0 Å². The minimum Gasteiger partial charge on any atom is -0.310 e. The van der Waals surface area contributed by atoms with Crippen LogP contribution < -0.4 is 5.32 Å². The van der Waals surface area contributed by atoms with Gasteiger partial charge in [0.05, 0.1) is 0 Å². The van der Waals surface area contributed by atoms with E-state index >= 15 is 0 Å². The van der Waals surface area contributed by atoms with Gasteiger partial charge in [0.15, 0.2) is 0 Å². The molecule has 0 spiro atoms. The van der Waals surface area contributed by atoms with Crippen LogP contribution in [0, 0.1) is 0 Å². The van der Waals surface area contributed by atoms with Crippen LogP contribution in [0.5, 0.6) is 0 Å². The van der Waals surface area contributed by atoms with Crippen molar-refractivity contribution in [2.24, 2.45) is 0 Å². The van der Waals surface area contributed by atoms with E-state index in [1.807, 2.05) is 0 Å². The van der Waals surface area contributed by atoms with Gasteiger partial charge in [0, 0.05) is 6.04 Å². The maximum Gasteiger partial charge on any atom is 0.0320 e. The normalized spacial score (nSPS) is 12.7. The highest BCUT2D eigenvalue weighted by Crippen LogP contribution is 2.17. The molecule has 0 heterocycles. The Hall–Kier alpha value is -0.820. The molecule has 15 heavy (non-hydrogen) atoms. The Labute approximate surface area is 93.9 Å². The lowest BCUT2D eigenvalue weighted by Crippen LogP contribution is -2.22. The van der Waals surface area contributed by atoms with Crippen molar-refractivity contribution >= 4 is 0 Å². The van der Waals surface area contributed by atoms with Gasteiger partial charge < -0.3 is 5.32 Å². The Morgan fingerprint density at radius 2 is 1.80 bits per heavy atom. The summed E-state index contributed by atoms with van der Waals surface area (Å²) in [4.78, 5) is 0. The molecule has 1 aromatic carbocycles. The molecule has 1 aromatic rings. The fourth-order valence-electron chi connectivity index (χ4n) is 1.81. The topological polar surface area (TPSA) is 12.0 Å². The number of rotatable bonds is 7. The summed E-state index contributed by atoms with van der Waals surface area (Å²) in [6, 6.07) is 11.3. The summed E-state index contributed by atoms with van der Waals surface area (Å²) >= 11 is 0. The molecule has 0 aromatic heterocycles. The Morgan fingerprint density at radius 1 is 1.07 bits per heavy atom. The van der Waals surface area contributed by atoms with Crippen LogP contribution in [0.25, 0.3) is 0 Å². The largest absolute Gasteiger partial charge is 0.310 e. The minimum absolute atomic E-state index is 0.544. The van der Waals surface area contributed by atoms with Gasteiger partial charge >= 0.3 is 0 Å². The third kappa shape index (κ3) is 4.48. The summed E-state index contributed by atoms with van der Waals surface area (Å²) in [5, 5.41) is 3.64. The average Bonchev–Trinajstić information content (AvgIpc) is 2.29. The van der Waals surface area contributed by atoms with Crippen LogP contribution in [-0.2, 0) is 0 Å². The second-order valence-corrected chi connectivity index (χ2v) is 4.06. The number of nitrogens with one attached hydrogen (secondary N) is 1. The monoisotopic (exact) mass is 205 g/mol. The molecule has 1 nitrogen and oxygen atoms in total. The Balaban J connectivity index is 2.50. The van der Waals surface area contributed by atoms with E-state index < -0.39 is 0 Å². The second kappa shape index (κ2) is 7.47. The molecule has 1 rings (SSSR count). The molecule has 0 amide bonds. The second-order valence-electron chi connectivity index (χ2n) is 4.06. The van der Waals surface area contributed by atoms with Gasteiger partial charge in [0.1, 0.15) is 0 Å². The van der Waals surface area contributed by atoms with Crippen LogP contribution in [0.15, 0.2) is 30.3 Å². The predicted octanol–water partition coefficient (Wildman–Crippen LogP) is 3.92. The van der Waals surface area contributed by atoms with Crippen molar-refractivity contribution in [2.75, 3.05) is 6.54 Å². The van der Waals surface area contributed by atoms with E-state index in [2.05, 4.69) is 49.5 Å². The van der Waals surface area contributed by atoms with Crippen molar-refractivity contribution < 1.29 is 0 Å². The smallest absolute Gasteiger partial charge is 0.0320 e. The summed E-state index contributed by atoms with van der Waals surface area (Å²) in [6.07, 6.45) is 5.00. The SMILES string of the molecule is CCCCN[C@H](CCC)c1ccccc1. The van der Waals surface area contributed by atoms with Gasteiger partial charge in [0.2, 0.25) is 0 Å². The molecule has 0 aliphatic rings. The van der Waals surface area contributed by atoms with Crippen molar-refractivity contribution in [1.29, 1.82) is 0 Å². The highest BCUT2D eigenvalue weighted by atomic mass is 14.9. The summed E-state index contributed by atoms with van der Waals surface area (Å²) in [7, 11) is 0. The van der Waals surface area contributed by atoms with Crippen LogP contribution in [0.2, 0.25) is 0 Å². The van der Waals surface area contributed by atoms with E-state index in [0.717, 1.165) is 6.54 Å². The van der Waals surface area contributed by atoms with Crippen molar-refractivity contribution in [3.8, 4) is 0 Å². The van der Waals surface area contributed by atoms with E-state index in [4.69, 9.17) is 0 Å². The minimum atomic E-state index is 0.544. The van der Waals surface area contributed by atoms with Gasteiger partial charge in [-0.15, -0.1) is 0 Å². The summed E-state index contributed by atoms with van der Waals surface area (Å²) in [6.45, 7) is 5.62. The van der Waals surface area contributed by atoms with Crippen molar-refractivity contribution in [3.05, 3.63) is 35.9 Å². The zero-order valence-electron chi connectivity index (χ0n) is 10.00. The van der Waals surface area contributed by atoms with Crippen molar-refractivity contribution in [2.45, 2.75) is 45.6 Å². The molecule has 0 unspecified atom stereocenters. The predicted molar refractivity (Wildman–Crippen MR) is 67.0 cm³/mol. The fraction of sp³-hybridized carbons (Fsp3) is 0.571. The quantitative estimate of drug-likeness (QED) is 0.665. The van der Waals surface area contributed by atoms with Crippen LogP contribution in [0.1, 0.15) is 51.1 Å². The van der Waals surface area contributed by atoms with Gasteiger partial charge in [-0.3, -0.25) is 0 Å².